The highest BCUT2D eigenvalue weighted by Gasteiger charge is 2.42. The van der Waals surface area contributed by atoms with Gasteiger partial charge in [0.2, 0.25) is 0 Å². The molecule has 1 N–H and O–H groups in total. The molecule has 2 heterocycles. The Hall–Kier alpha value is -1.73. The van der Waals surface area contributed by atoms with E-state index in [1.807, 2.05) is 0 Å². The first kappa shape index (κ1) is 16.6. The van der Waals surface area contributed by atoms with Gasteiger partial charge in [-0.05, 0) is 31.5 Å². The van der Waals surface area contributed by atoms with Gasteiger partial charge in [-0.3, -0.25) is 14.9 Å². The number of nitro benzene ring substituents is 1. The molecule has 2 fully saturated rings. The van der Waals surface area contributed by atoms with Crippen LogP contribution < -0.4 is 5.32 Å². The van der Waals surface area contributed by atoms with E-state index in [0.717, 1.165) is 44.1 Å². The van der Waals surface area contributed by atoms with Gasteiger partial charge in [-0.25, -0.2) is 4.39 Å². The van der Waals surface area contributed by atoms with Crippen LogP contribution in [0.4, 0.5) is 10.1 Å². The van der Waals surface area contributed by atoms with Crippen LogP contribution in [0.15, 0.2) is 18.2 Å². The van der Waals surface area contributed by atoms with Gasteiger partial charge in [-0.15, -0.1) is 12.4 Å². The number of rotatable bonds is 2. The zero-order chi connectivity index (χ0) is 15.0. The van der Waals surface area contributed by atoms with Gasteiger partial charge < -0.3 is 10.2 Å². The van der Waals surface area contributed by atoms with E-state index in [2.05, 4.69) is 5.32 Å². The highest BCUT2D eigenvalue weighted by atomic mass is 35.5. The monoisotopic (exact) mass is 329 g/mol. The molecular formula is C14H17ClFN3O3. The van der Waals surface area contributed by atoms with Gasteiger partial charge in [-0.2, -0.15) is 0 Å². The summed E-state index contributed by atoms with van der Waals surface area (Å²) in [7, 11) is 0. The molecular weight excluding hydrogens is 313 g/mol. The molecule has 22 heavy (non-hydrogen) atoms. The molecule has 3 rings (SSSR count). The fourth-order valence-corrected chi connectivity index (χ4v) is 3.26. The Morgan fingerprint density at radius 1 is 1.41 bits per heavy atom. The first-order valence-electron chi connectivity index (χ1n) is 6.95. The van der Waals surface area contributed by atoms with Crippen molar-refractivity contribution in [3.8, 4) is 0 Å². The molecule has 1 amide bonds. The van der Waals surface area contributed by atoms with Crippen LogP contribution in [-0.2, 0) is 0 Å². The largest absolute Gasteiger partial charge is 0.338 e. The number of nitrogens with one attached hydrogen (secondary N) is 1. The Kier molecular flexibility index (Phi) is 4.67. The van der Waals surface area contributed by atoms with Gasteiger partial charge in [0.25, 0.3) is 11.6 Å². The molecule has 0 aliphatic carbocycles. The molecule has 120 valence electrons. The lowest BCUT2D eigenvalue weighted by molar-refractivity contribution is -0.385. The van der Waals surface area contributed by atoms with E-state index in [1.54, 1.807) is 4.90 Å². The van der Waals surface area contributed by atoms with Crippen LogP contribution >= 0.6 is 12.4 Å². The first-order valence-corrected chi connectivity index (χ1v) is 6.95. The van der Waals surface area contributed by atoms with Crippen molar-refractivity contribution in [2.75, 3.05) is 26.2 Å². The van der Waals surface area contributed by atoms with Crippen molar-refractivity contribution >= 4 is 24.0 Å². The zero-order valence-electron chi connectivity index (χ0n) is 11.9. The van der Waals surface area contributed by atoms with Crippen LogP contribution in [0.1, 0.15) is 23.2 Å². The smallest absolute Gasteiger partial charge is 0.282 e. The molecule has 1 unspecified atom stereocenters. The number of likely N-dealkylation sites (tertiary alicyclic amines) is 1. The van der Waals surface area contributed by atoms with Crippen molar-refractivity contribution in [3.63, 3.8) is 0 Å². The van der Waals surface area contributed by atoms with Crippen LogP contribution in [0.25, 0.3) is 0 Å². The van der Waals surface area contributed by atoms with E-state index >= 15 is 0 Å². The summed E-state index contributed by atoms with van der Waals surface area (Å²) in [5, 5.41) is 14.3. The second-order valence-electron chi connectivity index (χ2n) is 5.82. The van der Waals surface area contributed by atoms with E-state index in [4.69, 9.17) is 0 Å². The lowest BCUT2D eigenvalue weighted by Gasteiger charge is -2.22. The number of carbonyl (C=O) groups excluding carboxylic acids is 1. The highest BCUT2D eigenvalue weighted by Crippen LogP contribution is 2.37. The molecule has 1 aromatic carbocycles. The molecule has 0 saturated carbocycles. The van der Waals surface area contributed by atoms with E-state index in [9.17, 15) is 19.3 Å². The maximum absolute atomic E-state index is 13.3. The number of halogens is 2. The molecule has 1 aromatic rings. The fraction of sp³-hybridized carbons (Fsp3) is 0.500. The summed E-state index contributed by atoms with van der Waals surface area (Å²) >= 11 is 0. The van der Waals surface area contributed by atoms with E-state index in [0.29, 0.717) is 13.1 Å². The quantitative estimate of drug-likeness (QED) is 0.665. The third-order valence-corrected chi connectivity index (χ3v) is 4.44. The van der Waals surface area contributed by atoms with Crippen molar-refractivity contribution in [2.45, 2.75) is 12.8 Å². The van der Waals surface area contributed by atoms with Gasteiger partial charge >= 0.3 is 0 Å². The lowest BCUT2D eigenvalue weighted by Crippen LogP contribution is -2.33. The number of carbonyl (C=O) groups is 1. The minimum Gasteiger partial charge on any atom is -0.338 e. The predicted octanol–water partition coefficient (Wildman–Crippen LogP) is 1.98. The number of nitrogens with zero attached hydrogens (tertiary/aromatic N) is 2. The van der Waals surface area contributed by atoms with Crippen molar-refractivity contribution in [1.82, 2.24) is 10.2 Å². The molecule has 8 heteroatoms. The molecule has 1 atom stereocenters. The van der Waals surface area contributed by atoms with Crippen LogP contribution in [0.3, 0.4) is 0 Å². The summed E-state index contributed by atoms with van der Waals surface area (Å²) in [6.45, 7) is 2.94. The summed E-state index contributed by atoms with van der Waals surface area (Å²) < 4.78 is 13.3. The molecule has 0 bridgehead atoms. The van der Waals surface area contributed by atoms with Crippen LogP contribution in [0.5, 0.6) is 0 Å². The molecule has 2 aliphatic heterocycles. The van der Waals surface area contributed by atoms with Crippen LogP contribution in [0, 0.1) is 21.3 Å². The summed E-state index contributed by atoms with van der Waals surface area (Å²) in [5.74, 6) is -1.09. The normalized spacial score (nSPS) is 23.6. The predicted molar refractivity (Wildman–Crippen MR) is 80.7 cm³/mol. The van der Waals surface area contributed by atoms with Gasteiger partial charge in [0.1, 0.15) is 11.4 Å². The second kappa shape index (κ2) is 6.18. The Morgan fingerprint density at radius 3 is 2.82 bits per heavy atom. The van der Waals surface area contributed by atoms with Crippen LogP contribution in [-0.4, -0.2) is 41.9 Å². The van der Waals surface area contributed by atoms with Crippen molar-refractivity contribution in [1.29, 1.82) is 0 Å². The zero-order valence-corrected chi connectivity index (χ0v) is 12.7. The van der Waals surface area contributed by atoms with E-state index in [-0.39, 0.29) is 29.1 Å². The molecule has 2 aliphatic rings. The minimum atomic E-state index is -0.643. The highest BCUT2D eigenvalue weighted by molar-refractivity contribution is 5.98. The van der Waals surface area contributed by atoms with Gasteiger partial charge in [0, 0.05) is 31.1 Å². The molecule has 0 radical (unpaired) electrons. The summed E-state index contributed by atoms with van der Waals surface area (Å²) in [6.07, 6.45) is 1.89. The average molecular weight is 330 g/mol. The number of benzene rings is 1. The first-order chi connectivity index (χ1) is 10.0. The Balaban J connectivity index is 0.00000176. The Labute approximate surface area is 133 Å². The fourth-order valence-electron chi connectivity index (χ4n) is 3.26. The molecule has 6 nitrogen and oxygen atoms in total. The topological polar surface area (TPSA) is 75.5 Å². The van der Waals surface area contributed by atoms with Crippen molar-refractivity contribution < 1.29 is 14.1 Å². The summed E-state index contributed by atoms with van der Waals surface area (Å²) in [5.41, 5.74) is -0.424. The van der Waals surface area contributed by atoms with Gasteiger partial charge in [0.15, 0.2) is 0 Å². The third kappa shape index (κ3) is 2.91. The second-order valence-corrected chi connectivity index (χ2v) is 5.82. The maximum atomic E-state index is 13.3. The molecule has 1 spiro atoms. The van der Waals surface area contributed by atoms with E-state index < -0.39 is 16.6 Å². The van der Waals surface area contributed by atoms with E-state index in [1.165, 1.54) is 0 Å². The SMILES string of the molecule is Cl.O=C(c1cc(F)ccc1[N+](=O)[O-])N1CCC2(CCNC2)C1. The average Bonchev–Trinajstić information content (AvgIpc) is 3.08. The van der Waals surface area contributed by atoms with Crippen molar-refractivity contribution in [2.24, 2.45) is 5.41 Å². The maximum Gasteiger partial charge on any atom is 0.282 e. The number of hydrogen-bond donors (Lipinski definition) is 1. The van der Waals surface area contributed by atoms with Gasteiger partial charge in [-0.1, -0.05) is 0 Å². The molecule has 2 saturated heterocycles. The lowest BCUT2D eigenvalue weighted by atomic mass is 9.86. The standard InChI is InChI=1S/C14H16FN3O3.ClH/c15-10-1-2-12(18(20)21)11(7-10)13(19)17-6-4-14(9-17)3-5-16-8-14;/h1-2,7,16H,3-6,8-9H2;1H. The Morgan fingerprint density at radius 2 is 2.18 bits per heavy atom. The number of hydrogen-bond acceptors (Lipinski definition) is 4. The third-order valence-electron chi connectivity index (χ3n) is 4.44. The molecule has 0 aromatic heterocycles. The summed E-state index contributed by atoms with van der Waals surface area (Å²) in [4.78, 5) is 24.5. The van der Waals surface area contributed by atoms with Gasteiger partial charge in [0.05, 0.1) is 4.92 Å². The Bertz CT molecular complexity index is 605. The summed E-state index contributed by atoms with van der Waals surface area (Å²) in [6, 6.07) is 3.01. The van der Waals surface area contributed by atoms with Crippen LogP contribution in [0.2, 0.25) is 0 Å². The minimum absolute atomic E-state index is 0. The number of nitro groups is 1. The van der Waals surface area contributed by atoms with Crippen molar-refractivity contribution in [3.05, 3.63) is 39.7 Å². The number of amides is 1.